The molecule has 2 aromatic carbocycles. The maximum Gasteiger partial charge on any atom is 0.360 e. The molecule has 32 heavy (non-hydrogen) atoms. The maximum atomic E-state index is 12.7. The Balaban J connectivity index is 2.02. The second-order valence-corrected chi connectivity index (χ2v) is 6.93. The smallest absolute Gasteiger partial charge is 0.360 e. The number of carbonyl (C=O) groups is 2. The highest BCUT2D eigenvalue weighted by molar-refractivity contribution is 6.07. The summed E-state index contributed by atoms with van der Waals surface area (Å²) in [5.41, 5.74) is 0.751. The minimum absolute atomic E-state index is 0.0686. The summed E-state index contributed by atoms with van der Waals surface area (Å²) in [7, 11) is 0. The molecule has 1 N–H and O–H groups in total. The van der Waals surface area contributed by atoms with Crippen molar-refractivity contribution in [3.63, 3.8) is 0 Å². The molecule has 0 spiro atoms. The molecule has 0 saturated carbocycles. The number of hydrogen-bond donors (Lipinski definition) is 1. The molecule has 0 saturated heterocycles. The molecular formula is C22H20N4O6. The van der Waals surface area contributed by atoms with Gasteiger partial charge in [0.25, 0.3) is 17.2 Å². The first-order chi connectivity index (χ1) is 15.2. The van der Waals surface area contributed by atoms with Crippen molar-refractivity contribution in [3.05, 3.63) is 91.4 Å². The third-order valence-electron chi connectivity index (χ3n) is 4.58. The van der Waals surface area contributed by atoms with E-state index in [1.807, 2.05) is 6.92 Å². The number of amides is 1. The molecule has 0 fully saturated rings. The molecule has 1 heterocycles. The fourth-order valence-electron chi connectivity index (χ4n) is 2.97. The second-order valence-electron chi connectivity index (χ2n) is 6.93. The van der Waals surface area contributed by atoms with Gasteiger partial charge in [-0.1, -0.05) is 17.7 Å². The monoisotopic (exact) mass is 436 g/mol. The Hall–Kier alpha value is -4.34. The largest absolute Gasteiger partial charge is 0.461 e. The number of nitro benzene ring substituents is 1. The summed E-state index contributed by atoms with van der Waals surface area (Å²) < 4.78 is 6.06. The minimum Gasteiger partial charge on any atom is -0.461 e. The van der Waals surface area contributed by atoms with Crippen LogP contribution in [0.4, 0.5) is 11.4 Å². The molecule has 0 aliphatic rings. The number of carbonyl (C=O) groups excluding carboxylic acids is 2. The average molecular weight is 436 g/mol. The summed E-state index contributed by atoms with van der Waals surface area (Å²) in [6, 6.07) is 11.9. The number of nitrogens with zero attached hydrogens (tertiary/aromatic N) is 3. The molecule has 0 bridgehead atoms. The predicted molar refractivity (Wildman–Crippen MR) is 116 cm³/mol. The van der Waals surface area contributed by atoms with Gasteiger partial charge in [-0.3, -0.25) is 19.7 Å². The van der Waals surface area contributed by atoms with Crippen LogP contribution in [0.5, 0.6) is 0 Å². The normalized spacial score (nSPS) is 10.5. The lowest BCUT2D eigenvalue weighted by Crippen LogP contribution is -2.27. The van der Waals surface area contributed by atoms with E-state index in [1.54, 1.807) is 31.2 Å². The molecular weight excluding hydrogens is 416 g/mol. The lowest BCUT2D eigenvalue weighted by atomic mass is 10.1. The summed E-state index contributed by atoms with van der Waals surface area (Å²) in [5, 5.41) is 17.6. The first kappa shape index (κ1) is 22.3. The van der Waals surface area contributed by atoms with Crippen molar-refractivity contribution in [1.82, 2.24) is 9.78 Å². The van der Waals surface area contributed by atoms with Crippen molar-refractivity contribution < 1.29 is 19.2 Å². The molecule has 0 atom stereocenters. The zero-order valence-corrected chi connectivity index (χ0v) is 17.6. The molecule has 3 aromatic rings. The lowest BCUT2D eigenvalue weighted by molar-refractivity contribution is -0.385. The molecule has 0 aliphatic heterocycles. The van der Waals surface area contributed by atoms with Gasteiger partial charge in [0.15, 0.2) is 5.69 Å². The van der Waals surface area contributed by atoms with E-state index in [-0.39, 0.29) is 29.2 Å². The molecule has 1 amide bonds. The number of nitrogens with one attached hydrogen (secondary N) is 1. The van der Waals surface area contributed by atoms with E-state index < -0.39 is 22.4 Å². The van der Waals surface area contributed by atoms with Gasteiger partial charge in [0.1, 0.15) is 0 Å². The van der Waals surface area contributed by atoms with E-state index in [9.17, 15) is 24.5 Å². The fourth-order valence-corrected chi connectivity index (χ4v) is 2.97. The van der Waals surface area contributed by atoms with Crippen LogP contribution < -0.4 is 10.9 Å². The van der Waals surface area contributed by atoms with Crippen LogP contribution in [0.1, 0.15) is 38.9 Å². The Morgan fingerprint density at radius 1 is 1.12 bits per heavy atom. The van der Waals surface area contributed by atoms with Crippen molar-refractivity contribution in [3.8, 4) is 5.69 Å². The Morgan fingerprint density at radius 3 is 2.41 bits per heavy atom. The van der Waals surface area contributed by atoms with E-state index in [1.165, 1.54) is 25.1 Å². The third kappa shape index (κ3) is 4.69. The quantitative estimate of drug-likeness (QED) is 0.356. The van der Waals surface area contributed by atoms with Crippen molar-refractivity contribution in [2.45, 2.75) is 20.8 Å². The van der Waals surface area contributed by atoms with Crippen molar-refractivity contribution in [2.24, 2.45) is 0 Å². The number of anilines is 1. The number of aryl methyl sites for hydroxylation is 2. The van der Waals surface area contributed by atoms with Crippen molar-refractivity contribution >= 4 is 23.3 Å². The molecule has 10 heteroatoms. The van der Waals surface area contributed by atoms with Gasteiger partial charge in [-0.2, -0.15) is 9.78 Å². The summed E-state index contributed by atoms with van der Waals surface area (Å²) >= 11 is 0. The van der Waals surface area contributed by atoms with Crippen LogP contribution in [-0.4, -0.2) is 33.2 Å². The van der Waals surface area contributed by atoms with Crippen LogP contribution in [0.15, 0.2) is 53.3 Å². The predicted octanol–water partition coefficient (Wildman–Crippen LogP) is 3.19. The van der Waals surface area contributed by atoms with Gasteiger partial charge in [-0.25, -0.2) is 4.79 Å². The van der Waals surface area contributed by atoms with Gasteiger partial charge in [0.2, 0.25) is 0 Å². The highest BCUT2D eigenvalue weighted by Crippen LogP contribution is 2.20. The number of hydrogen-bond acceptors (Lipinski definition) is 7. The molecule has 3 rings (SSSR count). The van der Waals surface area contributed by atoms with Crippen LogP contribution in [0.2, 0.25) is 0 Å². The zero-order chi connectivity index (χ0) is 23.4. The second kappa shape index (κ2) is 9.21. The third-order valence-corrected chi connectivity index (χ3v) is 4.58. The Bertz CT molecular complexity index is 1260. The molecule has 0 radical (unpaired) electrons. The standard InChI is InChI=1S/C22H20N4O6/c1-4-32-22(29)20-17(12-19(27)25(24-20)16-8-5-13(2)6-9-16)23-21(28)15-7-10-18(26(30)31)14(3)11-15/h5-12H,4H2,1-3H3,(H,23,28). The van der Waals surface area contributed by atoms with E-state index >= 15 is 0 Å². The summed E-state index contributed by atoms with van der Waals surface area (Å²) in [4.78, 5) is 48.3. The van der Waals surface area contributed by atoms with Gasteiger partial charge in [-0.05, 0) is 45.0 Å². The molecule has 10 nitrogen and oxygen atoms in total. The van der Waals surface area contributed by atoms with Gasteiger partial charge in [-0.15, -0.1) is 0 Å². The topological polar surface area (TPSA) is 133 Å². The summed E-state index contributed by atoms with van der Waals surface area (Å²) in [6.07, 6.45) is 0. The van der Waals surface area contributed by atoms with Gasteiger partial charge in [0.05, 0.1) is 22.9 Å². The number of nitro groups is 1. The number of esters is 1. The van der Waals surface area contributed by atoms with Crippen LogP contribution in [0.25, 0.3) is 5.69 Å². The van der Waals surface area contributed by atoms with Crippen molar-refractivity contribution in [1.29, 1.82) is 0 Å². The Labute approximate surface area is 182 Å². The highest BCUT2D eigenvalue weighted by Gasteiger charge is 2.21. The van der Waals surface area contributed by atoms with Crippen LogP contribution in [0, 0.1) is 24.0 Å². The van der Waals surface area contributed by atoms with Crippen LogP contribution in [0.3, 0.4) is 0 Å². The number of ether oxygens (including phenoxy) is 1. The van der Waals surface area contributed by atoms with Gasteiger partial charge >= 0.3 is 5.97 Å². The Kier molecular flexibility index (Phi) is 6.43. The average Bonchev–Trinajstić information content (AvgIpc) is 2.74. The van der Waals surface area contributed by atoms with E-state index in [0.717, 1.165) is 16.3 Å². The first-order valence-corrected chi connectivity index (χ1v) is 9.66. The molecule has 0 unspecified atom stereocenters. The molecule has 1 aromatic heterocycles. The number of benzene rings is 2. The van der Waals surface area contributed by atoms with E-state index in [4.69, 9.17) is 4.74 Å². The zero-order valence-electron chi connectivity index (χ0n) is 17.6. The van der Waals surface area contributed by atoms with Gasteiger partial charge < -0.3 is 10.1 Å². The van der Waals surface area contributed by atoms with Crippen molar-refractivity contribution in [2.75, 3.05) is 11.9 Å². The van der Waals surface area contributed by atoms with E-state index in [0.29, 0.717) is 11.3 Å². The first-order valence-electron chi connectivity index (χ1n) is 9.66. The summed E-state index contributed by atoms with van der Waals surface area (Å²) in [5.74, 6) is -1.48. The van der Waals surface area contributed by atoms with Crippen LogP contribution >= 0.6 is 0 Å². The SMILES string of the molecule is CCOC(=O)c1nn(-c2ccc(C)cc2)c(=O)cc1NC(=O)c1ccc([N+](=O)[O-])c(C)c1. The highest BCUT2D eigenvalue weighted by atomic mass is 16.6. The molecule has 0 aliphatic carbocycles. The fraction of sp³-hybridized carbons (Fsp3) is 0.182. The van der Waals surface area contributed by atoms with E-state index in [2.05, 4.69) is 10.4 Å². The van der Waals surface area contributed by atoms with Gasteiger partial charge in [0, 0.05) is 23.3 Å². The molecule has 164 valence electrons. The van der Waals surface area contributed by atoms with Crippen LogP contribution in [-0.2, 0) is 4.74 Å². The summed E-state index contributed by atoms with van der Waals surface area (Å²) in [6.45, 7) is 5.08. The maximum absolute atomic E-state index is 12.7. The Morgan fingerprint density at radius 2 is 1.81 bits per heavy atom. The number of aromatic nitrogens is 2. The number of rotatable bonds is 6. The minimum atomic E-state index is -0.816. The lowest BCUT2D eigenvalue weighted by Gasteiger charge is -2.13.